The highest BCUT2D eigenvalue weighted by molar-refractivity contribution is 5.87. The van der Waals surface area contributed by atoms with E-state index in [2.05, 4.69) is 9.97 Å². The predicted octanol–water partition coefficient (Wildman–Crippen LogP) is 3.69. The molecule has 214 valence electrons. The highest BCUT2D eigenvalue weighted by atomic mass is 19.4. The number of aromatic nitrogens is 3. The van der Waals surface area contributed by atoms with Crippen LogP contribution in [0.2, 0.25) is 0 Å². The number of nitrogens with zero attached hydrogens (tertiary/aromatic N) is 4. The molecule has 1 aromatic carbocycles. The highest BCUT2D eigenvalue weighted by Gasteiger charge is 2.40. The Morgan fingerprint density at radius 3 is 2.62 bits per heavy atom. The van der Waals surface area contributed by atoms with Crippen LogP contribution < -0.4 is 11.0 Å². The summed E-state index contributed by atoms with van der Waals surface area (Å²) >= 11 is 0. The summed E-state index contributed by atoms with van der Waals surface area (Å²) in [6, 6.07) is -1.49. The number of fused-ring (bicyclic) bond motifs is 1. The first-order valence-electron chi connectivity index (χ1n) is 16.3. The number of piperidine rings is 1. The molecule has 2 fully saturated rings. The number of rotatable bonds is 4. The van der Waals surface area contributed by atoms with Gasteiger partial charge in [0.25, 0.3) is 0 Å². The van der Waals surface area contributed by atoms with Gasteiger partial charge in [0.1, 0.15) is 12.6 Å². The van der Waals surface area contributed by atoms with Gasteiger partial charge in [-0.25, -0.2) is 23.4 Å². The molecule has 3 aromatic rings. The van der Waals surface area contributed by atoms with E-state index < -0.39 is 116 Å². The lowest BCUT2D eigenvalue weighted by molar-refractivity contribution is -0.162. The lowest BCUT2D eigenvalue weighted by atomic mass is 9.93. The molecule has 2 aliphatic heterocycles. The zero-order chi connectivity index (χ0) is 36.7. The summed E-state index contributed by atoms with van der Waals surface area (Å²) < 4.78 is 148. The number of likely N-dealkylation sites (tertiary alicyclic amines) is 2. The number of halogens is 5. The van der Waals surface area contributed by atoms with E-state index in [0.717, 1.165) is 12.1 Å². The Bertz CT molecular complexity index is 1850. The van der Waals surface area contributed by atoms with Crippen LogP contribution in [0, 0.1) is 11.6 Å². The number of carbonyl (C=O) groups excluding carboxylic acids is 2. The molecule has 2 saturated heterocycles. The minimum Gasteiger partial charge on any atom is -0.331 e. The van der Waals surface area contributed by atoms with Crippen LogP contribution in [0.5, 0.6) is 0 Å². The summed E-state index contributed by atoms with van der Waals surface area (Å²) in [5.74, 6) is -6.89. The first-order chi connectivity index (χ1) is 22.4. The van der Waals surface area contributed by atoms with Gasteiger partial charge in [0.15, 0.2) is 17.3 Å². The van der Waals surface area contributed by atoms with E-state index in [4.69, 9.17) is 12.3 Å². The lowest BCUT2D eigenvalue weighted by Gasteiger charge is -2.34. The number of imidazole rings is 1. The maximum Gasteiger partial charge on any atom is 0.406 e. The fourth-order valence-electron chi connectivity index (χ4n) is 4.51. The van der Waals surface area contributed by atoms with Crippen LogP contribution in [-0.4, -0.2) is 74.6 Å². The third-order valence-electron chi connectivity index (χ3n) is 6.30. The van der Waals surface area contributed by atoms with Gasteiger partial charge in [0.2, 0.25) is 5.91 Å². The first kappa shape index (κ1) is 18.4. The average molecular weight is 576 g/mol. The second-order valence-corrected chi connectivity index (χ2v) is 8.98. The fraction of sp³-hybridized carbons (Fsp3) is 0.462. The van der Waals surface area contributed by atoms with Crippen molar-refractivity contribution in [3.05, 3.63) is 64.2 Å². The third kappa shape index (κ3) is 5.65. The number of carbonyl (C=O) groups is 2. The average Bonchev–Trinajstić information content (AvgIpc) is 3.23. The van der Waals surface area contributed by atoms with Crippen molar-refractivity contribution in [1.29, 1.82) is 0 Å². The first-order valence-corrected chi connectivity index (χ1v) is 11.8. The van der Waals surface area contributed by atoms with Gasteiger partial charge in [0, 0.05) is 50.0 Å². The monoisotopic (exact) mass is 575 g/mol. The normalized spacial score (nSPS) is 31.3. The number of alkyl halides is 3. The number of hydrogen-bond donors (Lipinski definition) is 2. The van der Waals surface area contributed by atoms with Crippen molar-refractivity contribution in [2.24, 2.45) is 0 Å². The zero-order valence-corrected chi connectivity index (χ0v) is 20.4. The van der Waals surface area contributed by atoms with Crippen molar-refractivity contribution in [3.63, 3.8) is 0 Å². The summed E-state index contributed by atoms with van der Waals surface area (Å²) in [5.41, 5.74) is -2.27. The molecule has 40 heavy (non-hydrogen) atoms. The van der Waals surface area contributed by atoms with E-state index in [1.54, 1.807) is 0 Å². The number of pyridine rings is 1. The summed E-state index contributed by atoms with van der Waals surface area (Å²) in [6.07, 6.45) is -12.5. The van der Waals surface area contributed by atoms with Crippen LogP contribution in [0.4, 0.5) is 26.7 Å². The van der Waals surface area contributed by atoms with E-state index in [1.807, 2.05) is 5.32 Å². The molecule has 2 aliphatic rings. The number of nitrogens with one attached hydrogen (secondary N) is 2. The van der Waals surface area contributed by atoms with Crippen LogP contribution >= 0.6 is 0 Å². The topological polar surface area (TPSA) is 103 Å². The third-order valence-corrected chi connectivity index (χ3v) is 6.30. The molecular weight excluding hydrogens is 539 g/mol. The van der Waals surface area contributed by atoms with Gasteiger partial charge in [-0.3, -0.25) is 14.3 Å². The summed E-state index contributed by atoms with van der Waals surface area (Å²) in [5, 5.41) is 1.87. The van der Waals surface area contributed by atoms with Gasteiger partial charge in [-0.05, 0) is 49.4 Å². The molecule has 0 saturated carbocycles. The van der Waals surface area contributed by atoms with E-state index >= 15 is 0 Å². The number of urea groups is 1. The molecule has 5 rings (SSSR count). The second-order valence-electron chi connectivity index (χ2n) is 8.98. The number of hydrogen-bond acceptors (Lipinski definition) is 4. The molecule has 0 unspecified atom stereocenters. The molecule has 0 spiro atoms. The second kappa shape index (κ2) is 10.9. The van der Waals surface area contributed by atoms with Crippen LogP contribution in [0.3, 0.4) is 0 Å². The van der Waals surface area contributed by atoms with Gasteiger partial charge in [-0.1, -0.05) is 12.1 Å². The molecular formula is C26H27F5N6O3. The Hall–Kier alpha value is -3.97. The van der Waals surface area contributed by atoms with Gasteiger partial charge >= 0.3 is 17.9 Å². The Labute approximate surface area is 237 Å². The summed E-state index contributed by atoms with van der Waals surface area (Å²) in [4.78, 5) is 45.7. The molecule has 0 bridgehead atoms. The maximum absolute atomic E-state index is 14.8. The van der Waals surface area contributed by atoms with Crippen molar-refractivity contribution < 1.29 is 43.9 Å². The van der Waals surface area contributed by atoms with Crippen LogP contribution in [0.15, 0.2) is 41.3 Å². The van der Waals surface area contributed by atoms with Crippen molar-refractivity contribution >= 4 is 23.1 Å². The maximum atomic E-state index is 14.8. The van der Waals surface area contributed by atoms with Gasteiger partial charge in [-0.2, -0.15) is 13.2 Å². The number of aromatic amines is 1. The van der Waals surface area contributed by atoms with E-state index in [9.17, 15) is 36.3 Å². The van der Waals surface area contributed by atoms with E-state index in [1.165, 1.54) is 18.3 Å². The molecule has 0 aliphatic carbocycles. The number of H-pyrrole nitrogens is 1. The number of amides is 3. The predicted molar refractivity (Wildman–Crippen MR) is 133 cm³/mol. The molecule has 3 amide bonds. The van der Waals surface area contributed by atoms with Crippen LogP contribution in [0.25, 0.3) is 11.2 Å². The quantitative estimate of drug-likeness (QED) is 0.464. The standard InChI is InChI=1S/C26H27F5N6O3/c27-18-4-1-3-17(21(18)28)15-6-7-19(23(38)36(13-15)14-26(29,30)31)33-24(39)35-11-8-16(9-12-35)37-20-5-2-10-32-22(20)34-25(37)40/h1-5,10,15-16,19H,6-9,11-14H2,(H,33,39)(H,32,34,40)/t15-,19-/m1/s1/i8D2,9D2,11D2,12D2,15D. The lowest BCUT2D eigenvalue weighted by Crippen LogP contribution is -2.54. The Kier molecular flexibility index (Phi) is 5.01. The van der Waals surface area contributed by atoms with Crippen molar-refractivity contribution in [3.8, 4) is 0 Å². The largest absolute Gasteiger partial charge is 0.406 e. The van der Waals surface area contributed by atoms with Gasteiger partial charge < -0.3 is 15.1 Å². The molecule has 2 aromatic heterocycles. The molecule has 14 heteroatoms. The Balaban J connectivity index is 1.54. The smallest absolute Gasteiger partial charge is 0.331 e. The van der Waals surface area contributed by atoms with E-state index in [0.29, 0.717) is 10.6 Å². The minimum absolute atomic E-state index is 0.0564. The van der Waals surface area contributed by atoms with Gasteiger partial charge in [0.05, 0.1) is 5.52 Å². The fourth-order valence-corrected chi connectivity index (χ4v) is 4.51. The van der Waals surface area contributed by atoms with Crippen LogP contribution in [0.1, 0.15) is 55.4 Å². The van der Waals surface area contributed by atoms with Crippen molar-refractivity contribution in [2.45, 2.75) is 49.7 Å². The Morgan fingerprint density at radius 2 is 1.90 bits per heavy atom. The molecule has 4 heterocycles. The van der Waals surface area contributed by atoms with E-state index in [-0.39, 0.29) is 16.1 Å². The highest BCUT2D eigenvalue weighted by Crippen LogP contribution is 2.32. The van der Waals surface area contributed by atoms with Crippen LogP contribution in [-0.2, 0) is 4.79 Å². The minimum atomic E-state index is -5.09. The number of benzene rings is 1. The van der Waals surface area contributed by atoms with Crippen molar-refractivity contribution in [1.82, 2.24) is 29.7 Å². The summed E-state index contributed by atoms with van der Waals surface area (Å²) in [6.45, 7) is -10.8. The summed E-state index contributed by atoms with van der Waals surface area (Å²) in [7, 11) is 0. The van der Waals surface area contributed by atoms with Crippen molar-refractivity contribution in [2.75, 3.05) is 26.1 Å². The molecule has 2 N–H and O–H groups in total. The van der Waals surface area contributed by atoms with Gasteiger partial charge in [-0.15, -0.1) is 0 Å². The SMILES string of the molecule is [2H]C1([2H])C(n2c(=O)[nH]c3ncccc32)C([2H])([2H])C([2H])([2H])N(C(=O)N[C@@H]2CC[C@@]([2H])(c3cccc(F)c3F)CN(CC(F)(F)F)C2=O)C1([2H])[2H]. The zero-order valence-electron chi connectivity index (χ0n) is 29.4. The molecule has 9 nitrogen and oxygen atoms in total. The Morgan fingerprint density at radius 1 is 1.15 bits per heavy atom. The molecule has 2 atom stereocenters. The molecule has 0 radical (unpaired) electrons.